The van der Waals surface area contributed by atoms with Crippen molar-refractivity contribution in [1.29, 1.82) is 0 Å². The molecule has 13 heavy (non-hydrogen) atoms. The van der Waals surface area contributed by atoms with E-state index < -0.39 is 0 Å². The lowest BCUT2D eigenvalue weighted by Crippen LogP contribution is -1.88. The number of hydrogen-bond acceptors (Lipinski definition) is 1. The number of ether oxygens (including phenoxy) is 1. The highest BCUT2D eigenvalue weighted by Crippen LogP contribution is 2.47. The van der Waals surface area contributed by atoms with Crippen LogP contribution >= 0.6 is 0 Å². The van der Waals surface area contributed by atoms with Gasteiger partial charge in [0.25, 0.3) is 0 Å². The zero-order chi connectivity index (χ0) is 9.42. The Labute approximate surface area is 79.7 Å². The van der Waals surface area contributed by atoms with Crippen molar-refractivity contribution in [2.75, 3.05) is 7.11 Å². The first-order chi connectivity index (χ1) is 6.20. The van der Waals surface area contributed by atoms with Gasteiger partial charge in [0.1, 0.15) is 5.75 Å². The monoisotopic (exact) mass is 176 g/mol. The maximum atomic E-state index is 5.25. The fraction of sp³-hybridized carbons (Fsp3) is 0.500. The van der Waals surface area contributed by atoms with E-state index >= 15 is 0 Å². The molecular weight excluding hydrogens is 160 g/mol. The highest BCUT2D eigenvalue weighted by Gasteiger charge is 2.34. The van der Waals surface area contributed by atoms with Gasteiger partial charge in [0.15, 0.2) is 0 Å². The van der Waals surface area contributed by atoms with Crippen LogP contribution in [-0.2, 0) is 0 Å². The highest BCUT2D eigenvalue weighted by molar-refractivity contribution is 5.37. The molecule has 0 N–H and O–H groups in total. The Morgan fingerprint density at radius 3 is 2.54 bits per heavy atom. The van der Waals surface area contributed by atoms with Crippen LogP contribution in [0.1, 0.15) is 30.4 Å². The quantitative estimate of drug-likeness (QED) is 0.672. The predicted octanol–water partition coefficient (Wildman–Crippen LogP) is 3.13. The van der Waals surface area contributed by atoms with Crippen molar-refractivity contribution in [2.24, 2.45) is 5.92 Å². The molecular formula is C12H16O. The summed E-state index contributed by atoms with van der Waals surface area (Å²) in [5, 5.41) is 0. The zero-order valence-corrected chi connectivity index (χ0v) is 8.50. The summed E-state index contributed by atoms with van der Waals surface area (Å²) >= 11 is 0. The van der Waals surface area contributed by atoms with Crippen LogP contribution in [0.2, 0.25) is 0 Å². The van der Waals surface area contributed by atoms with E-state index in [1.807, 2.05) is 0 Å². The fourth-order valence-corrected chi connectivity index (χ4v) is 1.90. The molecule has 2 atom stereocenters. The molecule has 0 aliphatic heterocycles. The molecule has 0 radical (unpaired) electrons. The van der Waals surface area contributed by atoms with Gasteiger partial charge in [0.2, 0.25) is 0 Å². The average molecular weight is 176 g/mol. The van der Waals surface area contributed by atoms with Crippen LogP contribution in [0.25, 0.3) is 0 Å². The lowest BCUT2D eigenvalue weighted by Gasteiger charge is -2.05. The second kappa shape index (κ2) is 3.06. The first kappa shape index (κ1) is 8.61. The molecule has 0 saturated heterocycles. The van der Waals surface area contributed by atoms with Gasteiger partial charge in [-0.05, 0) is 48.4 Å². The van der Waals surface area contributed by atoms with E-state index in [1.165, 1.54) is 17.5 Å². The van der Waals surface area contributed by atoms with Gasteiger partial charge in [-0.3, -0.25) is 0 Å². The molecule has 1 aliphatic rings. The van der Waals surface area contributed by atoms with Crippen molar-refractivity contribution >= 4 is 0 Å². The first-order valence-electron chi connectivity index (χ1n) is 4.86. The number of rotatable bonds is 2. The third kappa shape index (κ3) is 1.69. The number of aryl methyl sites for hydroxylation is 1. The average Bonchev–Trinajstić information content (AvgIpc) is 2.81. The van der Waals surface area contributed by atoms with Gasteiger partial charge < -0.3 is 4.74 Å². The summed E-state index contributed by atoms with van der Waals surface area (Å²) in [5.41, 5.74) is 2.75. The predicted molar refractivity (Wildman–Crippen MR) is 54.3 cm³/mol. The summed E-state index contributed by atoms with van der Waals surface area (Å²) in [6.45, 7) is 4.43. The normalized spacial score (nSPS) is 25.8. The molecule has 2 unspecified atom stereocenters. The molecule has 70 valence electrons. The Hall–Kier alpha value is -0.980. The van der Waals surface area contributed by atoms with Gasteiger partial charge in [-0.15, -0.1) is 0 Å². The minimum absolute atomic E-state index is 0.786. The van der Waals surface area contributed by atoms with Crippen molar-refractivity contribution in [2.45, 2.75) is 26.2 Å². The third-order valence-corrected chi connectivity index (χ3v) is 2.85. The van der Waals surface area contributed by atoms with Gasteiger partial charge in [-0.25, -0.2) is 0 Å². The van der Waals surface area contributed by atoms with Crippen molar-refractivity contribution < 1.29 is 4.74 Å². The van der Waals surface area contributed by atoms with Gasteiger partial charge in [0.05, 0.1) is 7.11 Å². The molecule has 1 aliphatic carbocycles. The molecule has 0 aromatic heterocycles. The summed E-state index contributed by atoms with van der Waals surface area (Å²) in [6.07, 6.45) is 1.34. The van der Waals surface area contributed by atoms with Crippen LogP contribution in [-0.4, -0.2) is 7.11 Å². The Bertz CT molecular complexity index is 317. The molecule has 0 heterocycles. The second-order valence-electron chi connectivity index (χ2n) is 4.10. The zero-order valence-electron chi connectivity index (χ0n) is 8.50. The van der Waals surface area contributed by atoms with E-state index in [4.69, 9.17) is 4.74 Å². The fourth-order valence-electron chi connectivity index (χ4n) is 1.90. The molecule has 2 rings (SSSR count). The van der Waals surface area contributed by atoms with Crippen molar-refractivity contribution in [3.63, 3.8) is 0 Å². The smallest absolute Gasteiger partial charge is 0.119 e. The van der Waals surface area contributed by atoms with E-state index in [2.05, 4.69) is 32.0 Å². The molecule has 0 bridgehead atoms. The number of hydrogen-bond donors (Lipinski definition) is 0. The van der Waals surface area contributed by atoms with E-state index in [-0.39, 0.29) is 0 Å². The lowest BCUT2D eigenvalue weighted by molar-refractivity contribution is 0.414. The molecule has 0 amide bonds. The summed E-state index contributed by atoms with van der Waals surface area (Å²) in [4.78, 5) is 0. The molecule has 1 aromatic carbocycles. The largest absolute Gasteiger partial charge is 0.497 e. The van der Waals surface area contributed by atoms with E-state index in [9.17, 15) is 0 Å². The third-order valence-electron chi connectivity index (χ3n) is 2.85. The van der Waals surface area contributed by atoms with Crippen LogP contribution in [0, 0.1) is 12.8 Å². The van der Waals surface area contributed by atoms with Gasteiger partial charge >= 0.3 is 0 Å². The minimum Gasteiger partial charge on any atom is -0.497 e. The van der Waals surface area contributed by atoms with E-state index in [0.29, 0.717) is 0 Å². The molecule has 1 nitrogen and oxygen atoms in total. The topological polar surface area (TPSA) is 9.23 Å². The maximum Gasteiger partial charge on any atom is 0.119 e. The molecule has 1 fully saturated rings. The van der Waals surface area contributed by atoms with E-state index in [1.54, 1.807) is 7.11 Å². The number of methoxy groups -OCH3 is 1. The molecule has 1 heteroatoms. The van der Waals surface area contributed by atoms with Gasteiger partial charge in [-0.2, -0.15) is 0 Å². The first-order valence-corrected chi connectivity index (χ1v) is 4.86. The Kier molecular flexibility index (Phi) is 2.03. The minimum atomic E-state index is 0.786. The Balaban J connectivity index is 2.30. The van der Waals surface area contributed by atoms with Crippen molar-refractivity contribution in [1.82, 2.24) is 0 Å². The molecule has 1 aromatic rings. The van der Waals surface area contributed by atoms with E-state index in [0.717, 1.165) is 17.6 Å². The summed E-state index contributed by atoms with van der Waals surface area (Å²) < 4.78 is 5.25. The van der Waals surface area contributed by atoms with Crippen molar-refractivity contribution in [3.8, 4) is 5.75 Å². The van der Waals surface area contributed by atoms with Crippen LogP contribution in [0.15, 0.2) is 18.2 Å². The molecule has 0 spiro atoms. The Morgan fingerprint density at radius 1 is 1.31 bits per heavy atom. The SMILES string of the molecule is COc1cc(C)cc(C2CC2C)c1. The van der Waals surface area contributed by atoms with Crippen LogP contribution < -0.4 is 4.74 Å². The van der Waals surface area contributed by atoms with Crippen LogP contribution in [0.4, 0.5) is 0 Å². The second-order valence-corrected chi connectivity index (χ2v) is 4.10. The summed E-state index contributed by atoms with van der Waals surface area (Å²) in [6, 6.07) is 6.52. The van der Waals surface area contributed by atoms with Crippen LogP contribution in [0.5, 0.6) is 5.75 Å². The number of benzene rings is 1. The lowest BCUT2D eigenvalue weighted by atomic mass is 10.1. The highest BCUT2D eigenvalue weighted by atomic mass is 16.5. The van der Waals surface area contributed by atoms with Gasteiger partial charge in [0, 0.05) is 0 Å². The standard InChI is InChI=1S/C12H16O/c1-8-4-10(12-6-9(12)2)7-11(5-8)13-3/h4-5,7,9,12H,6H2,1-3H3. The van der Waals surface area contributed by atoms with Crippen molar-refractivity contribution in [3.05, 3.63) is 29.3 Å². The van der Waals surface area contributed by atoms with Crippen LogP contribution in [0.3, 0.4) is 0 Å². The summed E-state index contributed by atoms with van der Waals surface area (Å²) in [5.74, 6) is 2.65. The summed E-state index contributed by atoms with van der Waals surface area (Å²) in [7, 11) is 1.73. The molecule has 1 saturated carbocycles. The maximum absolute atomic E-state index is 5.25. The Morgan fingerprint density at radius 2 is 2.00 bits per heavy atom. The van der Waals surface area contributed by atoms with Gasteiger partial charge in [-0.1, -0.05) is 13.0 Å².